The van der Waals surface area contributed by atoms with E-state index in [-0.39, 0.29) is 24.0 Å². The van der Waals surface area contributed by atoms with Crippen molar-refractivity contribution in [2.75, 3.05) is 13.7 Å². The average Bonchev–Trinajstić information content (AvgIpc) is 3.75. The highest BCUT2D eigenvalue weighted by Crippen LogP contribution is 2.36. The minimum absolute atomic E-state index is 0.0858. The van der Waals surface area contributed by atoms with Crippen LogP contribution in [0.4, 0.5) is 4.79 Å². The van der Waals surface area contributed by atoms with Gasteiger partial charge < -0.3 is 24.3 Å². The third kappa shape index (κ3) is 7.79. The number of esters is 1. The number of hydrogen-bond donors (Lipinski definition) is 1. The molecule has 13 heteroatoms. The van der Waals surface area contributed by atoms with Gasteiger partial charge in [0.25, 0.3) is 5.56 Å². The van der Waals surface area contributed by atoms with Gasteiger partial charge in [0, 0.05) is 24.0 Å². The Morgan fingerprint density at radius 2 is 1.87 bits per heavy atom. The maximum absolute atomic E-state index is 13.5. The summed E-state index contributed by atoms with van der Waals surface area (Å²) in [6.45, 7) is 8.99. The fourth-order valence-corrected chi connectivity index (χ4v) is 4.96. The number of hydrogen-bond acceptors (Lipinski definition) is 9. The highest BCUT2D eigenvalue weighted by Gasteiger charge is 2.38. The van der Waals surface area contributed by atoms with Gasteiger partial charge in [-0.15, -0.1) is 0 Å². The summed E-state index contributed by atoms with van der Waals surface area (Å²) in [6.07, 6.45) is 5.30. The first-order valence-corrected chi connectivity index (χ1v) is 15.4. The fraction of sp³-hybridized carbons (Fsp3) is 0.424. The van der Waals surface area contributed by atoms with Gasteiger partial charge >= 0.3 is 12.1 Å². The van der Waals surface area contributed by atoms with Gasteiger partial charge in [-0.1, -0.05) is 25.4 Å². The second kappa shape index (κ2) is 13.4. The monoisotopic (exact) mass is 651 g/mol. The van der Waals surface area contributed by atoms with Crippen LogP contribution in [-0.4, -0.2) is 62.7 Å². The Morgan fingerprint density at radius 1 is 1.11 bits per heavy atom. The molecule has 0 spiro atoms. The van der Waals surface area contributed by atoms with Crippen LogP contribution in [-0.2, 0) is 14.3 Å². The Kier molecular flexibility index (Phi) is 9.57. The maximum Gasteiger partial charge on any atom is 0.408 e. The molecule has 1 aromatic carbocycles. The Morgan fingerprint density at radius 3 is 2.50 bits per heavy atom. The van der Waals surface area contributed by atoms with Crippen molar-refractivity contribution in [3.05, 3.63) is 70.5 Å². The van der Waals surface area contributed by atoms with E-state index in [1.54, 1.807) is 69.6 Å². The maximum atomic E-state index is 13.5. The van der Waals surface area contributed by atoms with Crippen molar-refractivity contribution >= 4 is 29.2 Å². The lowest BCUT2D eigenvalue weighted by Crippen LogP contribution is -2.48. The van der Waals surface area contributed by atoms with Crippen molar-refractivity contribution in [2.45, 2.75) is 65.2 Å². The number of aromatic nitrogens is 4. The molecular weight excluding hydrogens is 614 g/mol. The van der Waals surface area contributed by atoms with E-state index in [0.29, 0.717) is 33.4 Å². The van der Waals surface area contributed by atoms with Gasteiger partial charge in [-0.25, -0.2) is 14.1 Å². The molecule has 0 bridgehead atoms. The summed E-state index contributed by atoms with van der Waals surface area (Å²) < 4.78 is 25.8. The number of halogens is 1. The first kappa shape index (κ1) is 32.8. The van der Waals surface area contributed by atoms with Gasteiger partial charge in [0.2, 0.25) is 0 Å². The molecule has 5 rings (SSSR count). The lowest BCUT2D eigenvalue weighted by Gasteiger charge is -2.26. The summed E-state index contributed by atoms with van der Waals surface area (Å²) in [5.41, 5.74) is 1.29. The van der Waals surface area contributed by atoms with Gasteiger partial charge in [0.1, 0.15) is 36.2 Å². The molecule has 2 atom stereocenters. The smallest absolute Gasteiger partial charge is 0.408 e. The number of nitrogens with one attached hydrogen (secondary N) is 1. The van der Waals surface area contributed by atoms with Crippen molar-refractivity contribution in [1.29, 1.82) is 0 Å². The number of ether oxygens (including phenoxy) is 4. The molecule has 0 aliphatic heterocycles. The number of rotatable bonds is 11. The Labute approximate surface area is 271 Å². The van der Waals surface area contributed by atoms with Crippen LogP contribution in [0.25, 0.3) is 22.5 Å². The van der Waals surface area contributed by atoms with E-state index in [1.807, 2.05) is 13.8 Å². The molecule has 1 aliphatic rings. The summed E-state index contributed by atoms with van der Waals surface area (Å²) >= 11 is 5.96. The molecule has 12 nitrogen and oxygen atoms in total. The molecular formula is C33H38ClN5O7. The molecule has 3 aromatic heterocycles. The normalized spacial score (nSPS) is 14.5. The van der Waals surface area contributed by atoms with Crippen LogP contribution in [0.5, 0.6) is 11.5 Å². The Bertz CT molecular complexity index is 1770. The van der Waals surface area contributed by atoms with Crippen molar-refractivity contribution in [1.82, 2.24) is 24.5 Å². The van der Waals surface area contributed by atoms with Crippen LogP contribution in [0, 0.1) is 11.8 Å². The quantitative estimate of drug-likeness (QED) is 0.210. The van der Waals surface area contributed by atoms with Gasteiger partial charge in [0.15, 0.2) is 11.5 Å². The molecule has 1 amide bonds. The molecule has 4 aromatic rings. The molecule has 0 saturated heterocycles. The highest BCUT2D eigenvalue weighted by atomic mass is 35.5. The molecule has 1 saturated carbocycles. The molecule has 3 heterocycles. The summed E-state index contributed by atoms with van der Waals surface area (Å²) in [5.74, 6) is 0.179. The van der Waals surface area contributed by atoms with E-state index in [0.717, 1.165) is 18.4 Å². The minimum Gasteiger partial charge on any atom is -0.493 e. The first-order chi connectivity index (χ1) is 21.8. The zero-order chi connectivity index (χ0) is 33.2. The third-order valence-electron chi connectivity index (χ3n) is 7.39. The fourth-order valence-electron chi connectivity index (χ4n) is 4.85. The molecule has 1 N–H and O–H groups in total. The average molecular weight is 652 g/mol. The summed E-state index contributed by atoms with van der Waals surface area (Å²) in [5, 5.41) is 7.57. The zero-order valence-corrected chi connectivity index (χ0v) is 27.4. The van der Waals surface area contributed by atoms with Crippen molar-refractivity contribution in [3.63, 3.8) is 0 Å². The van der Waals surface area contributed by atoms with E-state index in [1.165, 1.54) is 22.5 Å². The van der Waals surface area contributed by atoms with Crippen LogP contribution in [0.1, 0.15) is 47.5 Å². The summed E-state index contributed by atoms with van der Waals surface area (Å²) in [4.78, 5) is 43.3. The number of benzene rings is 1. The number of carbonyl (C=O) groups excluding carboxylic acids is 2. The summed E-state index contributed by atoms with van der Waals surface area (Å²) in [7, 11) is 1.50. The van der Waals surface area contributed by atoms with Crippen LogP contribution in [0.3, 0.4) is 0 Å². The number of carbonyl (C=O) groups is 2. The second-order valence-electron chi connectivity index (χ2n) is 12.6. The molecule has 244 valence electrons. The summed E-state index contributed by atoms with van der Waals surface area (Å²) in [6, 6.07) is 9.45. The van der Waals surface area contributed by atoms with Gasteiger partial charge in [-0.2, -0.15) is 5.10 Å². The van der Waals surface area contributed by atoms with E-state index in [9.17, 15) is 14.4 Å². The predicted molar refractivity (Wildman–Crippen MR) is 172 cm³/mol. The zero-order valence-electron chi connectivity index (χ0n) is 26.7. The second-order valence-corrected chi connectivity index (χ2v) is 13.0. The predicted octanol–water partition coefficient (Wildman–Crippen LogP) is 5.46. The van der Waals surface area contributed by atoms with Crippen molar-refractivity contribution in [2.24, 2.45) is 11.8 Å². The van der Waals surface area contributed by atoms with Crippen LogP contribution in [0.2, 0.25) is 5.02 Å². The van der Waals surface area contributed by atoms with Gasteiger partial charge in [-0.3, -0.25) is 14.3 Å². The minimum atomic E-state index is -0.881. The third-order valence-corrected chi connectivity index (χ3v) is 7.61. The number of fused-ring (bicyclic) bond motifs is 1. The topological polar surface area (TPSA) is 135 Å². The molecule has 0 radical (unpaired) electrons. The molecule has 2 unspecified atom stereocenters. The molecule has 1 aliphatic carbocycles. The first-order valence-electron chi connectivity index (χ1n) is 15.1. The number of alkyl carbamates (subject to hydrolysis) is 1. The van der Waals surface area contributed by atoms with E-state index in [2.05, 4.69) is 15.4 Å². The highest BCUT2D eigenvalue weighted by molar-refractivity contribution is 6.30. The van der Waals surface area contributed by atoms with Crippen LogP contribution < -0.4 is 20.3 Å². The number of pyridine rings is 1. The lowest BCUT2D eigenvalue weighted by molar-refractivity contribution is -0.155. The van der Waals surface area contributed by atoms with Gasteiger partial charge in [-0.05, 0) is 75.8 Å². The number of nitrogens with zero attached hydrogens (tertiary/aromatic N) is 4. The van der Waals surface area contributed by atoms with Crippen molar-refractivity contribution < 1.29 is 28.5 Å². The SMILES string of the molecule is COc1cc(-n2cnn3cc(-c4ccc(Cl)cn4)cc3c2=O)ccc1OCC(OC(=O)C(NC(=O)OC(C)(C)C)C(C)C)C1CC1. The van der Waals surface area contributed by atoms with E-state index < -0.39 is 29.8 Å². The number of methoxy groups -OCH3 is 1. The lowest BCUT2D eigenvalue weighted by atomic mass is 10.0. The standard InChI is InChI=1S/C33H38ClN5O7/c1-19(2)29(37-32(42)46-33(3,4)5)31(41)45-28(20-7-8-20)17-44-26-12-10-23(14-27(26)43-6)38-18-36-39-16-21(13-25(39)30(38)40)24-11-9-22(34)15-35-24/h9-16,18-20,28-29H,7-8,17H2,1-6H3,(H,37,42). The van der Waals surface area contributed by atoms with Crippen molar-refractivity contribution in [3.8, 4) is 28.4 Å². The van der Waals surface area contributed by atoms with Crippen LogP contribution >= 0.6 is 11.6 Å². The Hall–Kier alpha value is -4.58. The van der Waals surface area contributed by atoms with Gasteiger partial charge in [0.05, 0.1) is 23.5 Å². The Balaban J connectivity index is 1.30. The van der Waals surface area contributed by atoms with E-state index in [4.69, 9.17) is 30.5 Å². The van der Waals surface area contributed by atoms with Crippen LogP contribution in [0.15, 0.2) is 59.9 Å². The molecule has 46 heavy (non-hydrogen) atoms. The van der Waals surface area contributed by atoms with E-state index >= 15 is 0 Å². The number of amides is 1. The molecule has 1 fully saturated rings. The largest absolute Gasteiger partial charge is 0.493 e.